The van der Waals surface area contributed by atoms with Crippen LogP contribution in [0.25, 0.3) is 0 Å². The third-order valence-corrected chi connectivity index (χ3v) is 6.56. The molecule has 0 heterocycles. The summed E-state index contributed by atoms with van der Waals surface area (Å²) in [6.07, 6.45) is 11.0. The first kappa shape index (κ1) is 15.1. The highest BCUT2D eigenvalue weighted by Gasteiger charge is 2.74. The van der Waals surface area contributed by atoms with Gasteiger partial charge in [0.25, 0.3) is 0 Å². The van der Waals surface area contributed by atoms with Crippen LogP contribution in [-0.4, -0.2) is 10.7 Å². The lowest BCUT2D eigenvalue weighted by atomic mass is 9.70. The third-order valence-electron chi connectivity index (χ3n) is 6.56. The Morgan fingerprint density at radius 1 is 1.33 bits per heavy atom. The lowest BCUT2D eigenvalue weighted by Crippen LogP contribution is -2.38. The summed E-state index contributed by atoms with van der Waals surface area (Å²) in [6.45, 7) is 13.0. The van der Waals surface area contributed by atoms with E-state index in [1.165, 1.54) is 24.0 Å². The summed E-state index contributed by atoms with van der Waals surface area (Å²) in [5, 5.41) is 11.0. The Morgan fingerprint density at radius 2 is 2.05 bits per heavy atom. The summed E-state index contributed by atoms with van der Waals surface area (Å²) in [4.78, 5) is 0. The van der Waals surface area contributed by atoms with Crippen molar-refractivity contribution in [2.24, 2.45) is 29.1 Å². The lowest BCUT2D eigenvalue weighted by Gasteiger charge is -2.38. The van der Waals surface area contributed by atoms with Gasteiger partial charge in [-0.3, -0.25) is 0 Å². The fourth-order valence-electron chi connectivity index (χ4n) is 5.55. The van der Waals surface area contributed by atoms with Crippen LogP contribution in [0, 0.1) is 29.1 Å². The van der Waals surface area contributed by atoms with E-state index in [1.54, 1.807) is 0 Å². The van der Waals surface area contributed by atoms with Gasteiger partial charge >= 0.3 is 0 Å². The standard InChI is InChI=1S/C20H30O/c1-13(2)7-6-11-19(5,21)16-9-8-15(4)20-12-10-14(3)17(20)18(16)20/h6-7,11,14,16-18,21H,4,8-10,12H2,1-3,5H3/b11-6+/t14-,16-,17+,18+,19?,20?/m1/s1. The third kappa shape index (κ3) is 2.16. The molecule has 0 saturated heterocycles. The summed E-state index contributed by atoms with van der Waals surface area (Å²) in [5.41, 5.74) is 2.47. The van der Waals surface area contributed by atoms with Crippen LogP contribution in [0.15, 0.2) is 36.0 Å². The van der Waals surface area contributed by atoms with E-state index in [-0.39, 0.29) is 0 Å². The number of allylic oxidation sites excluding steroid dienone is 4. The second kappa shape index (κ2) is 4.84. The van der Waals surface area contributed by atoms with Crippen molar-refractivity contribution in [2.75, 3.05) is 0 Å². The average Bonchev–Trinajstić information content (AvgIpc) is 2.95. The highest BCUT2D eigenvalue weighted by atomic mass is 16.3. The van der Waals surface area contributed by atoms with Crippen LogP contribution in [0.2, 0.25) is 0 Å². The Hall–Kier alpha value is -0.820. The molecule has 3 fully saturated rings. The van der Waals surface area contributed by atoms with Crippen LogP contribution >= 0.6 is 0 Å². The van der Waals surface area contributed by atoms with Crippen LogP contribution in [0.3, 0.4) is 0 Å². The molecule has 2 unspecified atom stereocenters. The second-order valence-electron chi connectivity index (χ2n) is 8.19. The number of hydrogen-bond acceptors (Lipinski definition) is 1. The van der Waals surface area contributed by atoms with E-state index in [0.29, 0.717) is 17.3 Å². The first-order valence-electron chi connectivity index (χ1n) is 8.54. The van der Waals surface area contributed by atoms with Crippen molar-refractivity contribution in [1.82, 2.24) is 0 Å². The van der Waals surface area contributed by atoms with Crippen LogP contribution in [0.5, 0.6) is 0 Å². The van der Waals surface area contributed by atoms with Crippen LogP contribution in [-0.2, 0) is 0 Å². The second-order valence-corrected chi connectivity index (χ2v) is 8.19. The summed E-state index contributed by atoms with van der Waals surface area (Å²) < 4.78 is 0. The van der Waals surface area contributed by atoms with Crippen molar-refractivity contribution < 1.29 is 5.11 Å². The molecule has 6 atom stereocenters. The molecule has 0 amide bonds. The molecule has 3 aliphatic rings. The molecule has 3 aliphatic carbocycles. The average molecular weight is 286 g/mol. The van der Waals surface area contributed by atoms with Gasteiger partial charge in [0.1, 0.15) is 0 Å². The number of hydrogen-bond donors (Lipinski definition) is 1. The van der Waals surface area contributed by atoms with E-state index < -0.39 is 5.60 Å². The first-order valence-corrected chi connectivity index (χ1v) is 8.54. The minimum absolute atomic E-state index is 0.399. The van der Waals surface area contributed by atoms with E-state index in [4.69, 9.17) is 0 Å². The normalized spacial score (nSPS) is 44.1. The first-order chi connectivity index (χ1) is 9.80. The minimum Gasteiger partial charge on any atom is -0.386 e. The Bertz CT molecular complexity index is 506. The maximum atomic E-state index is 11.0. The topological polar surface area (TPSA) is 20.2 Å². The van der Waals surface area contributed by atoms with Gasteiger partial charge in [-0.2, -0.15) is 0 Å². The minimum atomic E-state index is -0.686. The highest BCUT2D eigenvalue weighted by molar-refractivity contribution is 5.36. The molecule has 0 aliphatic heterocycles. The fraction of sp³-hybridized carbons (Fsp3) is 0.700. The maximum Gasteiger partial charge on any atom is 0.0833 e. The van der Waals surface area contributed by atoms with Gasteiger partial charge in [-0.05, 0) is 75.5 Å². The smallest absolute Gasteiger partial charge is 0.0833 e. The molecule has 0 radical (unpaired) electrons. The maximum absolute atomic E-state index is 11.0. The molecular formula is C20H30O. The zero-order chi connectivity index (χ0) is 15.4. The van der Waals surface area contributed by atoms with Crippen molar-refractivity contribution >= 4 is 0 Å². The van der Waals surface area contributed by atoms with Crippen LogP contribution in [0.1, 0.15) is 53.4 Å². The Labute approximate surface area is 129 Å². The molecule has 1 nitrogen and oxygen atoms in total. The van der Waals surface area contributed by atoms with Gasteiger partial charge in [0.2, 0.25) is 0 Å². The van der Waals surface area contributed by atoms with Crippen LogP contribution in [0.4, 0.5) is 0 Å². The molecule has 0 bridgehead atoms. The van der Waals surface area contributed by atoms with E-state index in [0.717, 1.165) is 24.7 Å². The zero-order valence-corrected chi connectivity index (χ0v) is 14.0. The van der Waals surface area contributed by atoms with Gasteiger partial charge in [-0.1, -0.05) is 42.9 Å². The number of fused-ring (bicyclic) bond motifs is 1. The largest absolute Gasteiger partial charge is 0.386 e. The van der Waals surface area contributed by atoms with Crippen molar-refractivity contribution in [3.05, 3.63) is 36.0 Å². The van der Waals surface area contributed by atoms with Gasteiger partial charge in [0, 0.05) is 0 Å². The van der Waals surface area contributed by atoms with E-state index in [9.17, 15) is 5.11 Å². The molecule has 1 N–H and O–H groups in total. The van der Waals surface area contributed by atoms with E-state index >= 15 is 0 Å². The number of rotatable bonds is 3. The predicted octanol–water partition coefficient (Wildman–Crippen LogP) is 4.89. The molecular weight excluding hydrogens is 256 g/mol. The van der Waals surface area contributed by atoms with E-state index in [2.05, 4.69) is 33.4 Å². The van der Waals surface area contributed by atoms with Crippen LogP contribution < -0.4 is 0 Å². The Morgan fingerprint density at radius 3 is 2.71 bits per heavy atom. The van der Waals surface area contributed by atoms with Gasteiger partial charge in [0.15, 0.2) is 0 Å². The molecule has 3 saturated carbocycles. The van der Waals surface area contributed by atoms with Crippen molar-refractivity contribution in [3.63, 3.8) is 0 Å². The lowest BCUT2D eigenvalue weighted by molar-refractivity contribution is 0.0140. The zero-order valence-electron chi connectivity index (χ0n) is 14.0. The van der Waals surface area contributed by atoms with Crippen molar-refractivity contribution in [2.45, 2.75) is 59.0 Å². The van der Waals surface area contributed by atoms with Gasteiger partial charge in [-0.25, -0.2) is 0 Å². The quantitative estimate of drug-likeness (QED) is 0.578. The Balaban J connectivity index is 1.83. The fourth-order valence-corrected chi connectivity index (χ4v) is 5.55. The van der Waals surface area contributed by atoms with Gasteiger partial charge < -0.3 is 5.11 Å². The Kier molecular flexibility index (Phi) is 3.48. The summed E-state index contributed by atoms with van der Waals surface area (Å²) in [7, 11) is 0. The molecule has 0 aromatic heterocycles. The molecule has 0 aromatic rings. The SMILES string of the molecule is C=C1CC[C@@H](C(C)(O)/C=C/C=C(C)C)[C@H]2[C@@H]3[C@H](C)CCC132. The predicted molar refractivity (Wildman–Crippen MR) is 88.9 cm³/mol. The molecule has 1 heteroatoms. The van der Waals surface area contributed by atoms with Crippen molar-refractivity contribution in [1.29, 1.82) is 0 Å². The highest BCUT2D eigenvalue weighted by Crippen LogP contribution is 2.79. The van der Waals surface area contributed by atoms with E-state index in [1.807, 2.05) is 19.1 Å². The molecule has 21 heavy (non-hydrogen) atoms. The molecule has 3 rings (SSSR count). The summed E-state index contributed by atoms with van der Waals surface area (Å²) in [5.74, 6) is 2.68. The molecule has 1 spiro atoms. The summed E-state index contributed by atoms with van der Waals surface area (Å²) in [6, 6.07) is 0. The van der Waals surface area contributed by atoms with Gasteiger partial charge in [-0.15, -0.1) is 0 Å². The molecule has 0 aromatic carbocycles. The number of aliphatic hydroxyl groups is 1. The van der Waals surface area contributed by atoms with Gasteiger partial charge in [0.05, 0.1) is 5.60 Å². The monoisotopic (exact) mass is 286 g/mol. The van der Waals surface area contributed by atoms with Crippen molar-refractivity contribution in [3.8, 4) is 0 Å². The summed E-state index contributed by atoms with van der Waals surface area (Å²) >= 11 is 0. The molecule has 116 valence electrons.